The van der Waals surface area contributed by atoms with Gasteiger partial charge in [-0.05, 0) is 37.0 Å². The van der Waals surface area contributed by atoms with E-state index in [1.54, 1.807) is 0 Å². The molecular weight excluding hydrogens is 248 g/mol. The minimum atomic E-state index is -0.153. The average molecular weight is 264 g/mol. The summed E-state index contributed by atoms with van der Waals surface area (Å²) in [6.45, 7) is 1.92. The molecule has 100 valence electrons. The zero-order chi connectivity index (χ0) is 13.9. The minimum absolute atomic E-state index is 0.153. The molecule has 3 rings (SSSR count). The van der Waals surface area contributed by atoms with Gasteiger partial charge >= 0.3 is 0 Å². The molecule has 1 aliphatic carbocycles. The van der Waals surface area contributed by atoms with Crippen molar-refractivity contribution in [3.63, 3.8) is 0 Å². The smallest absolute Gasteiger partial charge is 0.267 e. The van der Waals surface area contributed by atoms with Crippen molar-refractivity contribution >= 4 is 11.6 Å². The normalized spacial score (nSPS) is 15.2. The molecule has 0 bridgehead atoms. The first-order valence-corrected chi connectivity index (χ1v) is 6.76. The predicted molar refractivity (Wildman–Crippen MR) is 79.9 cm³/mol. The zero-order valence-electron chi connectivity index (χ0n) is 11.4. The molecule has 2 aromatic carbocycles. The van der Waals surface area contributed by atoms with E-state index in [4.69, 9.17) is 0 Å². The molecule has 3 heteroatoms. The van der Waals surface area contributed by atoms with Gasteiger partial charge in [-0.15, -0.1) is 0 Å². The Labute approximate surface area is 118 Å². The van der Waals surface area contributed by atoms with Gasteiger partial charge < -0.3 is 0 Å². The Morgan fingerprint density at radius 3 is 2.65 bits per heavy atom. The maximum Gasteiger partial charge on any atom is 0.271 e. The van der Waals surface area contributed by atoms with E-state index >= 15 is 0 Å². The fourth-order valence-electron chi connectivity index (χ4n) is 2.53. The summed E-state index contributed by atoms with van der Waals surface area (Å²) in [6.07, 6.45) is 1.88. The van der Waals surface area contributed by atoms with Crippen LogP contribution in [0.5, 0.6) is 0 Å². The van der Waals surface area contributed by atoms with Crippen LogP contribution in [0.2, 0.25) is 0 Å². The summed E-state index contributed by atoms with van der Waals surface area (Å²) >= 11 is 0. The van der Waals surface area contributed by atoms with E-state index in [-0.39, 0.29) is 5.91 Å². The number of nitrogens with zero attached hydrogens (tertiary/aromatic N) is 1. The number of fused-ring (bicyclic) bond motifs is 1. The Balaban J connectivity index is 1.79. The van der Waals surface area contributed by atoms with Gasteiger partial charge in [-0.2, -0.15) is 5.10 Å². The summed E-state index contributed by atoms with van der Waals surface area (Å²) in [5.74, 6) is -0.153. The van der Waals surface area contributed by atoms with Crippen LogP contribution in [0.25, 0.3) is 0 Å². The van der Waals surface area contributed by atoms with Crippen molar-refractivity contribution in [2.45, 2.75) is 19.8 Å². The van der Waals surface area contributed by atoms with Gasteiger partial charge in [0.05, 0.1) is 5.71 Å². The van der Waals surface area contributed by atoms with Crippen LogP contribution < -0.4 is 5.43 Å². The topological polar surface area (TPSA) is 41.5 Å². The SMILES string of the molecule is Cc1ccccc1C(=O)N/N=C1/CCc2ccccc21. The molecule has 0 aliphatic heterocycles. The Kier molecular flexibility index (Phi) is 3.33. The molecule has 3 nitrogen and oxygen atoms in total. The summed E-state index contributed by atoms with van der Waals surface area (Å²) in [7, 11) is 0. The van der Waals surface area contributed by atoms with Crippen molar-refractivity contribution < 1.29 is 4.79 Å². The molecule has 0 atom stereocenters. The molecule has 0 aromatic heterocycles. The van der Waals surface area contributed by atoms with Gasteiger partial charge in [0.25, 0.3) is 5.91 Å². The van der Waals surface area contributed by atoms with E-state index in [0.717, 1.165) is 29.7 Å². The maximum absolute atomic E-state index is 12.1. The van der Waals surface area contributed by atoms with Gasteiger partial charge in [0.15, 0.2) is 0 Å². The van der Waals surface area contributed by atoms with Gasteiger partial charge in [0, 0.05) is 11.1 Å². The van der Waals surface area contributed by atoms with Crippen molar-refractivity contribution in [1.82, 2.24) is 5.43 Å². The van der Waals surface area contributed by atoms with E-state index in [0.29, 0.717) is 5.56 Å². The first-order chi connectivity index (χ1) is 9.75. The Bertz CT molecular complexity index is 689. The molecule has 20 heavy (non-hydrogen) atoms. The highest BCUT2D eigenvalue weighted by atomic mass is 16.2. The summed E-state index contributed by atoms with van der Waals surface area (Å²) in [5, 5.41) is 4.30. The van der Waals surface area contributed by atoms with Crippen LogP contribution in [-0.4, -0.2) is 11.6 Å². The lowest BCUT2D eigenvalue weighted by Crippen LogP contribution is -2.20. The van der Waals surface area contributed by atoms with Crippen molar-refractivity contribution in [3.8, 4) is 0 Å². The number of hydrogen-bond donors (Lipinski definition) is 1. The maximum atomic E-state index is 12.1. The van der Waals surface area contributed by atoms with Crippen LogP contribution in [0.3, 0.4) is 0 Å². The number of nitrogens with one attached hydrogen (secondary N) is 1. The van der Waals surface area contributed by atoms with Crippen LogP contribution >= 0.6 is 0 Å². The molecule has 0 radical (unpaired) electrons. The molecule has 0 fully saturated rings. The average Bonchev–Trinajstić information content (AvgIpc) is 2.88. The number of benzene rings is 2. The molecule has 0 heterocycles. The largest absolute Gasteiger partial charge is 0.271 e. The molecule has 0 saturated carbocycles. The molecule has 2 aromatic rings. The fourth-order valence-corrected chi connectivity index (χ4v) is 2.53. The standard InChI is InChI=1S/C17H16N2O/c1-12-6-2-4-8-14(12)17(20)19-18-16-11-10-13-7-3-5-9-15(13)16/h2-9H,10-11H2,1H3,(H,19,20)/b18-16-. The second-order valence-corrected chi connectivity index (χ2v) is 4.97. The Morgan fingerprint density at radius 2 is 1.80 bits per heavy atom. The first kappa shape index (κ1) is 12.6. The molecule has 0 unspecified atom stereocenters. The summed E-state index contributed by atoms with van der Waals surface area (Å²) < 4.78 is 0. The molecule has 1 aliphatic rings. The van der Waals surface area contributed by atoms with Crippen LogP contribution in [0.15, 0.2) is 53.6 Å². The van der Waals surface area contributed by atoms with Crippen LogP contribution in [0.4, 0.5) is 0 Å². The summed E-state index contributed by atoms with van der Waals surface area (Å²) in [6, 6.07) is 15.7. The summed E-state index contributed by atoms with van der Waals surface area (Å²) in [5.41, 5.74) is 7.71. The zero-order valence-corrected chi connectivity index (χ0v) is 11.4. The van der Waals surface area contributed by atoms with Crippen LogP contribution in [0.1, 0.15) is 33.5 Å². The monoisotopic (exact) mass is 264 g/mol. The quantitative estimate of drug-likeness (QED) is 0.832. The van der Waals surface area contributed by atoms with Gasteiger partial charge in [0.1, 0.15) is 0 Å². The third-order valence-electron chi connectivity index (χ3n) is 3.64. The second kappa shape index (κ2) is 5.29. The van der Waals surface area contributed by atoms with E-state index in [2.05, 4.69) is 22.7 Å². The highest BCUT2D eigenvalue weighted by Gasteiger charge is 2.17. The number of amides is 1. The van der Waals surface area contributed by atoms with E-state index in [9.17, 15) is 4.79 Å². The molecular formula is C17H16N2O. The second-order valence-electron chi connectivity index (χ2n) is 4.97. The number of rotatable bonds is 2. The molecule has 1 amide bonds. The van der Waals surface area contributed by atoms with E-state index in [1.165, 1.54) is 5.56 Å². The lowest BCUT2D eigenvalue weighted by Gasteiger charge is -2.05. The van der Waals surface area contributed by atoms with Crippen molar-refractivity contribution in [3.05, 3.63) is 70.8 Å². The lowest BCUT2D eigenvalue weighted by molar-refractivity contribution is 0.0954. The number of hydrazone groups is 1. The first-order valence-electron chi connectivity index (χ1n) is 6.76. The molecule has 0 saturated heterocycles. The minimum Gasteiger partial charge on any atom is -0.267 e. The van der Waals surface area contributed by atoms with E-state index < -0.39 is 0 Å². The number of carbonyl (C=O) groups excluding carboxylic acids is 1. The highest BCUT2D eigenvalue weighted by molar-refractivity contribution is 6.05. The predicted octanol–water partition coefficient (Wildman–Crippen LogP) is 3.08. The van der Waals surface area contributed by atoms with Crippen molar-refractivity contribution in [2.24, 2.45) is 5.10 Å². The van der Waals surface area contributed by atoms with Gasteiger partial charge in [0.2, 0.25) is 0 Å². The lowest BCUT2D eigenvalue weighted by atomic mass is 10.1. The van der Waals surface area contributed by atoms with E-state index in [1.807, 2.05) is 43.3 Å². The van der Waals surface area contributed by atoms with Gasteiger partial charge in [-0.25, -0.2) is 5.43 Å². The fraction of sp³-hybridized carbons (Fsp3) is 0.176. The molecule has 1 N–H and O–H groups in total. The number of hydrogen-bond acceptors (Lipinski definition) is 2. The molecule has 0 spiro atoms. The third kappa shape index (κ3) is 2.35. The van der Waals surface area contributed by atoms with Gasteiger partial charge in [-0.3, -0.25) is 4.79 Å². The van der Waals surface area contributed by atoms with Crippen molar-refractivity contribution in [2.75, 3.05) is 0 Å². The Morgan fingerprint density at radius 1 is 1.05 bits per heavy atom. The number of carbonyl (C=O) groups is 1. The Hall–Kier alpha value is -2.42. The van der Waals surface area contributed by atoms with Gasteiger partial charge in [-0.1, -0.05) is 42.5 Å². The van der Waals surface area contributed by atoms with Crippen molar-refractivity contribution in [1.29, 1.82) is 0 Å². The van der Waals surface area contributed by atoms with Crippen LogP contribution in [-0.2, 0) is 6.42 Å². The summed E-state index contributed by atoms with van der Waals surface area (Å²) in [4.78, 5) is 12.1. The highest BCUT2D eigenvalue weighted by Crippen LogP contribution is 2.21. The third-order valence-corrected chi connectivity index (χ3v) is 3.64. The van der Waals surface area contributed by atoms with Crippen LogP contribution in [0, 0.1) is 6.92 Å². The number of aryl methyl sites for hydroxylation is 2.